The molecule has 49 heteroatoms. The van der Waals surface area contributed by atoms with Crippen LogP contribution in [0.15, 0.2) is 261 Å². The van der Waals surface area contributed by atoms with Crippen LogP contribution in [0.5, 0.6) is 29.3 Å². The Morgan fingerprint density at radius 3 is 1.36 bits per heavy atom. The molecule has 0 unspecified atom stereocenters. The molecule has 0 amide bonds. The largest absolute Gasteiger partial charge is 0.478 e. The number of carboxylic acids is 1. The summed E-state index contributed by atoms with van der Waals surface area (Å²) in [5.41, 5.74) is -1.60. The number of fused-ring (bicyclic) bond motifs is 6. The van der Waals surface area contributed by atoms with Crippen LogP contribution in [0.1, 0.15) is 85.4 Å². The van der Waals surface area contributed by atoms with Crippen molar-refractivity contribution in [3.05, 3.63) is 319 Å². The van der Waals surface area contributed by atoms with Crippen molar-refractivity contribution in [1.29, 1.82) is 0 Å². The number of nitrogens with zero attached hydrogens (tertiary/aromatic N) is 8. The summed E-state index contributed by atoms with van der Waals surface area (Å²) in [5.74, 6) is -5.50. The van der Waals surface area contributed by atoms with Gasteiger partial charge in [0.05, 0.1) is 60.1 Å². The minimum atomic E-state index is -5.17. The summed E-state index contributed by atoms with van der Waals surface area (Å²) in [6.45, 7) is -0.164. The van der Waals surface area contributed by atoms with Gasteiger partial charge < -0.3 is 55.0 Å². The van der Waals surface area contributed by atoms with Gasteiger partial charge in [-0.25, -0.2) is 4.79 Å². The number of pyridine rings is 2. The zero-order chi connectivity index (χ0) is 100. The van der Waals surface area contributed by atoms with Crippen LogP contribution < -0.4 is 51.9 Å². The summed E-state index contributed by atoms with van der Waals surface area (Å²) in [6.07, 6.45) is -0.541. The van der Waals surface area contributed by atoms with Crippen molar-refractivity contribution in [3.8, 4) is 51.5 Å². The predicted molar refractivity (Wildman–Crippen MR) is 498 cm³/mol. The Morgan fingerprint density at radius 1 is 0.407 bits per heavy atom. The molecule has 4 aromatic heterocycles. The number of ether oxygens (including phenoxy) is 3. The first kappa shape index (κ1) is 97.0. The first-order valence-corrected chi connectivity index (χ1v) is 47.4. The van der Waals surface area contributed by atoms with Crippen molar-refractivity contribution in [2.75, 3.05) is 39.7 Å². The summed E-state index contributed by atoms with van der Waals surface area (Å²) in [7, 11) is -21.6. The van der Waals surface area contributed by atoms with Crippen LogP contribution in [0.3, 0.4) is 0 Å². The van der Waals surface area contributed by atoms with Gasteiger partial charge in [-0.3, -0.25) is 47.2 Å². The van der Waals surface area contributed by atoms with E-state index in [0.717, 1.165) is 28.8 Å². The van der Waals surface area contributed by atoms with E-state index in [4.69, 9.17) is 52.1 Å². The van der Waals surface area contributed by atoms with Crippen LogP contribution in [-0.4, -0.2) is 170 Å². The van der Waals surface area contributed by atoms with Crippen molar-refractivity contribution < 1.29 is 125 Å². The van der Waals surface area contributed by atoms with Crippen molar-refractivity contribution in [3.63, 3.8) is 0 Å². The Balaban J connectivity index is 0.00000117. The maximum Gasteiger partial charge on any atom is 0.425 e. The molecule has 0 radical (unpaired) electrons. The van der Waals surface area contributed by atoms with Gasteiger partial charge in [-0.15, -0.1) is 37.9 Å². The Bertz CT molecular complexity index is 8850. The molecule has 12 aromatic carbocycles. The van der Waals surface area contributed by atoms with Crippen LogP contribution in [0.2, 0.25) is 0 Å². The highest BCUT2D eigenvalue weighted by molar-refractivity contribution is 7.86. The third-order valence-electron chi connectivity index (χ3n) is 21.5. The van der Waals surface area contributed by atoms with Gasteiger partial charge >= 0.3 is 49.8 Å². The number of nitrogens with one attached hydrogen (secondary N) is 5. The first-order chi connectivity index (χ1) is 66.6. The lowest BCUT2D eigenvalue weighted by Crippen LogP contribution is -2.29. The molecule has 0 bridgehead atoms. The number of carboxylic acid groups (broad SMARTS) is 1. The van der Waals surface area contributed by atoms with Gasteiger partial charge in [0.1, 0.15) is 22.0 Å². The molecule has 9 N–H and O–H groups in total. The molecule has 4 heterocycles. The van der Waals surface area contributed by atoms with E-state index in [1.807, 2.05) is 0 Å². The molecule has 18 rings (SSSR count). The van der Waals surface area contributed by atoms with Gasteiger partial charge in [-0.05, 0) is 135 Å². The first-order valence-electron chi connectivity index (χ1n) is 40.1. The topological polar surface area (TPSA) is 649 Å². The summed E-state index contributed by atoms with van der Waals surface area (Å²) in [5, 5.41) is 28.6. The number of carbonyl (C=O) groups excluding carboxylic acids is 5. The third kappa shape index (κ3) is 20.6. The number of aromatic carboxylic acids is 1. The molecule has 2 aliphatic rings. The number of ketones is 4. The highest BCUT2D eigenvalue weighted by atomic mass is 32.2. The molecule has 0 aliphatic heterocycles. The van der Waals surface area contributed by atoms with Gasteiger partial charge in [0.15, 0.2) is 34.6 Å². The molecular formula is C91H61N13O30S6. The fraction of sp³-hybridized carbons (Fsp3) is 0.0549. The standard InChI is InChI=1S/C91H61N13O21S3.3O3S/c1-103-64-31-29-61(74-76(64)72(56-23-10-12-25-58(56)82(74)108)78(84(103)110)80(106)46-15-4-3-5-16-46)94-53-27-33-69(127(117,118)119)52(37-53)43-71-97-87(100-90(98-71)124-66-40-48-18-7-6-17-47(48)39-60(66)86(112)113)92-35-36-93-88-99-89(102-91(101-88)125-68-42-50-20-9-8-19-49(50)41-67(68)123-45-105)95-54-28-34-70(128(120,121)122)63(44-54)96-62-30-32-65-77-73(57-24-11-13-26-59(57)83(109)75(62)77)79(85(111)104(65)2)81(107)51-21-14-22-55(38-51)126(114,115)116;3*1-4(2)3/h3-34,37-42,44-45,94,96H,35-36,43H2,1-2H3,(H,112,113)(H,114,115,116)(H,117,118,119)(H,120,121,122)(H,92,97,98,100)(H2,93,95,99,101,102);;;. The van der Waals surface area contributed by atoms with Gasteiger partial charge in [0.25, 0.3) is 47.9 Å². The van der Waals surface area contributed by atoms with E-state index < -0.39 is 141 Å². The number of aromatic nitrogens is 8. The van der Waals surface area contributed by atoms with Crippen LogP contribution in [0.4, 0.5) is 46.3 Å². The molecule has 43 nitrogen and oxygen atoms in total. The highest BCUT2D eigenvalue weighted by Crippen LogP contribution is 2.48. The van der Waals surface area contributed by atoms with Gasteiger partial charge in [0, 0.05) is 89.1 Å². The molecule has 16 aromatic rings. The Kier molecular flexibility index (Phi) is 27.5. The summed E-state index contributed by atoms with van der Waals surface area (Å²) in [6, 6.07) is 57.2. The van der Waals surface area contributed by atoms with Crippen molar-refractivity contribution in [2.45, 2.75) is 21.1 Å². The van der Waals surface area contributed by atoms with E-state index in [9.17, 15) is 77.6 Å². The van der Waals surface area contributed by atoms with Gasteiger partial charge in [0.2, 0.25) is 17.8 Å². The predicted octanol–water partition coefficient (Wildman–Crippen LogP) is 10.8. The van der Waals surface area contributed by atoms with E-state index in [1.54, 1.807) is 127 Å². The Hall–Kier alpha value is -17.6. The number of hydrogen-bond donors (Lipinski definition) is 9. The zero-order valence-electron chi connectivity index (χ0n) is 71.1. The van der Waals surface area contributed by atoms with Crippen LogP contribution in [0.25, 0.3) is 65.6 Å². The van der Waals surface area contributed by atoms with Gasteiger partial charge in [-0.2, -0.15) is 55.2 Å². The van der Waals surface area contributed by atoms with E-state index >= 15 is 4.79 Å². The quantitative estimate of drug-likeness (QED) is 0.00999. The Morgan fingerprint density at radius 2 is 0.843 bits per heavy atom. The Labute approximate surface area is 791 Å². The number of anilines is 8. The average molecular weight is 2010 g/mol. The van der Waals surface area contributed by atoms with Crippen molar-refractivity contribution >= 4 is 187 Å². The third-order valence-corrected chi connectivity index (χ3v) is 24.2. The van der Waals surface area contributed by atoms with Crippen LogP contribution in [-0.2, 0) is 87.5 Å². The SMILES string of the molecule is Cn1c(=O)c(C(=O)c2ccccc2)c2c3c(c(Nc4ccc(S(=O)(=O)O)c(Cc5nc(NCCNc6nc(Nc7ccc(S(=O)(=O)O)c(Nc8ccc9c%10c8C(=O)c8ccccc8-c%10c(C(=O)c8cccc(S(=O)(=O)O)c8)c(=O)n9C)c7)nc(Oc7cc8ccccc8cc7OC=O)n6)nc(Oc6cc7ccccc7cc6C(=O)O)n5)c4)ccc31)C(=O)c1ccccc1-2.O=S(=O)=O.O=S(=O)=O.O=S(=O)=O. The molecule has 0 atom stereocenters. The molecule has 706 valence electrons. The maximum absolute atomic E-state index is 15.1. The molecule has 0 spiro atoms. The summed E-state index contributed by atoms with van der Waals surface area (Å²) < 4.78 is 207. The highest BCUT2D eigenvalue weighted by Gasteiger charge is 2.38. The molecular weight excluding hydrogens is 1950 g/mol. The van der Waals surface area contributed by atoms with Crippen molar-refractivity contribution in [2.24, 2.45) is 14.1 Å². The molecule has 0 saturated carbocycles. The zero-order valence-corrected chi connectivity index (χ0v) is 76.0. The fourth-order valence-electron chi connectivity index (χ4n) is 15.8. The second-order valence-electron chi connectivity index (χ2n) is 30.0. The minimum absolute atomic E-state index is 0.00166. The lowest BCUT2D eigenvalue weighted by Gasteiger charge is -2.26. The van der Waals surface area contributed by atoms with E-state index in [2.05, 4.69) is 56.5 Å². The van der Waals surface area contributed by atoms with E-state index in [1.165, 1.54) is 104 Å². The van der Waals surface area contributed by atoms with Crippen LogP contribution in [0, 0.1) is 0 Å². The fourth-order valence-corrected chi connectivity index (χ4v) is 17.7. The monoisotopic (exact) mass is 2010 g/mol. The molecule has 0 fully saturated rings. The molecule has 0 saturated heterocycles. The maximum atomic E-state index is 15.1. The van der Waals surface area contributed by atoms with Crippen LogP contribution >= 0.6 is 0 Å². The number of aryl methyl sites for hydroxylation is 2. The minimum Gasteiger partial charge on any atom is -0.478 e. The summed E-state index contributed by atoms with van der Waals surface area (Å²) in [4.78, 5) is 139. The lowest BCUT2D eigenvalue weighted by atomic mass is 9.80. The molecule has 2 aliphatic carbocycles. The van der Waals surface area contributed by atoms with E-state index in [-0.39, 0.29) is 172 Å². The number of carbonyl (C=O) groups is 6. The smallest absolute Gasteiger partial charge is 0.425 e. The lowest BCUT2D eigenvalue weighted by molar-refractivity contribution is -0.120. The second-order valence-corrected chi connectivity index (χ2v) is 35.4. The van der Waals surface area contributed by atoms with Gasteiger partial charge in [-0.1, -0.05) is 140 Å². The number of benzene rings is 12. The number of rotatable bonds is 27. The van der Waals surface area contributed by atoms with Crippen molar-refractivity contribution in [1.82, 2.24) is 39.0 Å². The second kappa shape index (κ2) is 39.8. The molecule has 140 heavy (non-hydrogen) atoms. The van der Waals surface area contributed by atoms with E-state index in [0.29, 0.717) is 32.6 Å². The summed E-state index contributed by atoms with van der Waals surface area (Å²) >= 11 is 0. The normalized spacial score (nSPS) is 11.6. The average Bonchev–Trinajstić information content (AvgIpc) is 0.708. The number of hydrogen-bond acceptors (Lipinski definition) is 37.